The van der Waals surface area contributed by atoms with Crippen molar-refractivity contribution in [3.63, 3.8) is 0 Å². The number of hydrogen-bond acceptors (Lipinski definition) is 2. The lowest BCUT2D eigenvalue weighted by Crippen LogP contribution is -1.98. The summed E-state index contributed by atoms with van der Waals surface area (Å²) in [4.78, 5) is 0. The van der Waals surface area contributed by atoms with E-state index in [4.69, 9.17) is 27.2 Å². The third kappa shape index (κ3) is 3.22. The van der Waals surface area contributed by atoms with Crippen molar-refractivity contribution in [2.45, 2.75) is 6.92 Å². The van der Waals surface area contributed by atoms with Gasteiger partial charge >= 0.3 is 0 Å². The predicted molar refractivity (Wildman–Crippen MR) is 56.6 cm³/mol. The van der Waals surface area contributed by atoms with Crippen molar-refractivity contribution in [1.82, 2.24) is 0 Å². The van der Waals surface area contributed by atoms with Gasteiger partial charge < -0.3 is 4.74 Å². The van der Waals surface area contributed by atoms with E-state index in [1.165, 1.54) is 0 Å². The van der Waals surface area contributed by atoms with Crippen molar-refractivity contribution in [3.05, 3.63) is 24.3 Å². The Morgan fingerprint density at radius 1 is 1.31 bits per heavy atom. The molecule has 0 saturated heterocycles. The van der Waals surface area contributed by atoms with Gasteiger partial charge in [-0.25, -0.2) is 0 Å². The summed E-state index contributed by atoms with van der Waals surface area (Å²) in [6.07, 6.45) is 0. The van der Waals surface area contributed by atoms with Crippen molar-refractivity contribution in [3.8, 4) is 5.75 Å². The number of ether oxygens (including phenoxy) is 1. The highest BCUT2D eigenvalue weighted by Crippen LogP contribution is 2.55. The van der Waals surface area contributed by atoms with Crippen molar-refractivity contribution in [2.24, 2.45) is 0 Å². The second kappa shape index (κ2) is 4.36. The first-order valence-electron chi connectivity index (χ1n) is 3.77. The molecule has 1 rings (SSSR count). The Morgan fingerprint density at radius 2 is 1.85 bits per heavy atom. The summed E-state index contributed by atoms with van der Waals surface area (Å²) < 4.78 is 16.4. The molecule has 0 N–H and O–H groups in total. The van der Waals surface area contributed by atoms with Crippen molar-refractivity contribution in [1.29, 1.82) is 0 Å². The van der Waals surface area contributed by atoms with Gasteiger partial charge in [-0.2, -0.15) is 0 Å². The molecule has 0 spiro atoms. The van der Waals surface area contributed by atoms with Crippen LogP contribution in [0.25, 0.3) is 0 Å². The normalized spacial score (nSPS) is 11.3. The zero-order chi connectivity index (χ0) is 9.90. The van der Waals surface area contributed by atoms with Crippen LogP contribution in [0.2, 0.25) is 0 Å². The van der Waals surface area contributed by atoms with Crippen LogP contribution in [0.4, 0.5) is 0 Å². The summed E-state index contributed by atoms with van der Waals surface area (Å²) in [6, 6.07) is 6.59. The molecule has 0 aliphatic carbocycles. The Bertz CT molecular complexity index is 317. The maximum Gasteiger partial charge on any atom is 0.281 e. The fourth-order valence-corrected chi connectivity index (χ4v) is 2.05. The molecule has 0 unspecified atom stereocenters. The van der Waals surface area contributed by atoms with Crippen LogP contribution in [0.5, 0.6) is 5.75 Å². The Kier molecular flexibility index (Phi) is 3.66. The summed E-state index contributed by atoms with van der Waals surface area (Å²) in [7, 11) is 0. The first kappa shape index (κ1) is 10.9. The van der Waals surface area contributed by atoms with Crippen LogP contribution in [0.1, 0.15) is 6.92 Å². The maximum atomic E-state index is 11.2. The molecule has 0 aliphatic heterocycles. The van der Waals surface area contributed by atoms with Crippen LogP contribution in [0, 0.1) is 0 Å². The van der Waals surface area contributed by atoms with Gasteiger partial charge in [0.2, 0.25) is 0 Å². The second-order valence-corrected chi connectivity index (χ2v) is 7.21. The van der Waals surface area contributed by atoms with E-state index in [1.807, 2.05) is 6.92 Å². The van der Waals surface area contributed by atoms with E-state index < -0.39 is 5.85 Å². The molecule has 5 heteroatoms. The molecule has 0 amide bonds. The standard InChI is InChI=1S/C8H9Cl2O2P/c1-2-12-7-3-5-8(6-4-7)13(9,10)11/h3-6H,2H2,1H3. The molecule has 0 bridgehead atoms. The minimum atomic E-state index is -3.17. The summed E-state index contributed by atoms with van der Waals surface area (Å²) in [6.45, 7) is 2.49. The van der Waals surface area contributed by atoms with E-state index in [-0.39, 0.29) is 0 Å². The van der Waals surface area contributed by atoms with Gasteiger partial charge in [-0.3, -0.25) is 4.57 Å². The van der Waals surface area contributed by atoms with Crippen LogP contribution in [0.3, 0.4) is 0 Å². The smallest absolute Gasteiger partial charge is 0.281 e. The second-order valence-electron chi connectivity index (χ2n) is 2.39. The van der Waals surface area contributed by atoms with E-state index in [2.05, 4.69) is 0 Å². The van der Waals surface area contributed by atoms with Crippen LogP contribution < -0.4 is 10.0 Å². The highest BCUT2D eigenvalue weighted by molar-refractivity contribution is 8.13. The zero-order valence-electron chi connectivity index (χ0n) is 7.04. The first-order valence-corrected chi connectivity index (χ1v) is 7.28. The Hall–Kier alpha value is -0.170. The van der Waals surface area contributed by atoms with Gasteiger partial charge in [-0.15, -0.1) is 0 Å². The van der Waals surface area contributed by atoms with Crippen LogP contribution in [0.15, 0.2) is 24.3 Å². The quantitative estimate of drug-likeness (QED) is 0.755. The van der Waals surface area contributed by atoms with Gasteiger partial charge in [-0.1, -0.05) is 0 Å². The van der Waals surface area contributed by atoms with Crippen LogP contribution in [-0.2, 0) is 4.57 Å². The molecule has 2 nitrogen and oxygen atoms in total. The molecule has 72 valence electrons. The molecule has 1 aromatic rings. The lowest BCUT2D eigenvalue weighted by atomic mass is 10.3. The number of halogens is 2. The van der Waals surface area contributed by atoms with Crippen molar-refractivity contribution in [2.75, 3.05) is 6.61 Å². The van der Waals surface area contributed by atoms with Crippen LogP contribution >= 0.6 is 28.3 Å². The third-order valence-electron chi connectivity index (χ3n) is 1.45. The molecular formula is C8H9Cl2O2P. The highest BCUT2D eigenvalue weighted by Gasteiger charge is 2.16. The Morgan fingerprint density at radius 3 is 2.23 bits per heavy atom. The minimum Gasteiger partial charge on any atom is -0.494 e. The Balaban J connectivity index is 2.88. The van der Waals surface area contributed by atoms with Gasteiger partial charge in [0.15, 0.2) is 0 Å². The highest BCUT2D eigenvalue weighted by atomic mass is 35.9. The predicted octanol–water partition coefficient (Wildman–Crippen LogP) is 3.38. The summed E-state index contributed by atoms with van der Waals surface area (Å²) in [5.74, 6) is -2.45. The van der Waals surface area contributed by atoms with E-state index in [1.54, 1.807) is 24.3 Å². The van der Waals surface area contributed by atoms with Gasteiger partial charge in [0.25, 0.3) is 5.85 Å². The molecule has 0 radical (unpaired) electrons. The fraction of sp³-hybridized carbons (Fsp3) is 0.250. The monoisotopic (exact) mass is 238 g/mol. The lowest BCUT2D eigenvalue weighted by Gasteiger charge is -2.04. The first-order chi connectivity index (χ1) is 6.04. The van der Waals surface area contributed by atoms with E-state index in [0.717, 1.165) is 0 Å². The molecular weight excluding hydrogens is 230 g/mol. The van der Waals surface area contributed by atoms with Crippen molar-refractivity contribution >= 4 is 33.6 Å². The molecule has 1 aromatic carbocycles. The van der Waals surface area contributed by atoms with Gasteiger partial charge in [0.05, 0.1) is 6.61 Å². The van der Waals surface area contributed by atoms with E-state index in [0.29, 0.717) is 17.7 Å². The SMILES string of the molecule is CCOc1ccc(P(=O)(Cl)Cl)cc1. The number of benzene rings is 1. The average Bonchev–Trinajstić information content (AvgIpc) is 2.04. The lowest BCUT2D eigenvalue weighted by molar-refractivity contribution is 0.340. The van der Waals surface area contributed by atoms with Gasteiger partial charge in [0.1, 0.15) is 5.75 Å². The molecule has 0 aliphatic rings. The molecule has 0 atom stereocenters. The largest absolute Gasteiger partial charge is 0.494 e. The summed E-state index contributed by atoms with van der Waals surface area (Å²) in [5.41, 5.74) is 0. The van der Waals surface area contributed by atoms with E-state index >= 15 is 0 Å². The minimum absolute atomic E-state index is 0.430. The summed E-state index contributed by atoms with van der Waals surface area (Å²) in [5, 5.41) is 0.430. The van der Waals surface area contributed by atoms with Crippen LogP contribution in [-0.4, -0.2) is 6.61 Å². The van der Waals surface area contributed by atoms with Crippen molar-refractivity contribution < 1.29 is 9.30 Å². The van der Waals surface area contributed by atoms with Gasteiger partial charge in [0, 0.05) is 5.30 Å². The maximum absolute atomic E-state index is 11.2. The summed E-state index contributed by atoms with van der Waals surface area (Å²) >= 11 is 10.9. The molecule has 0 heterocycles. The van der Waals surface area contributed by atoms with E-state index in [9.17, 15) is 4.57 Å². The topological polar surface area (TPSA) is 26.3 Å². The molecule has 0 fully saturated rings. The average molecular weight is 239 g/mol. The molecule has 0 aromatic heterocycles. The number of rotatable bonds is 3. The molecule has 0 saturated carbocycles. The van der Waals surface area contributed by atoms with Gasteiger partial charge in [-0.05, 0) is 53.7 Å². The zero-order valence-corrected chi connectivity index (χ0v) is 9.44. The third-order valence-corrected chi connectivity index (χ3v) is 3.52. The molecule has 13 heavy (non-hydrogen) atoms. The Labute approximate surface area is 86.8 Å². The fourth-order valence-electron chi connectivity index (χ4n) is 0.883. The number of hydrogen-bond donors (Lipinski definition) is 0.